The zero-order valence-electron chi connectivity index (χ0n) is 9.93. The molecule has 0 radical (unpaired) electrons. The van der Waals surface area contributed by atoms with Gasteiger partial charge in [0.2, 0.25) is 10.0 Å². The minimum absolute atomic E-state index is 0.175. The van der Waals surface area contributed by atoms with E-state index in [4.69, 9.17) is 5.73 Å². The molecule has 1 aromatic rings. The van der Waals surface area contributed by atoms with Crippen LogP contribution < -0.4 is 5.73 Å². The molecule has 0 fully saturated rings. The van der Waals surface area contributed by atoms with Gasteiger partial charge in [-0.1, -0.05) is 12.1 Å². The second-order valence-electron chi connectivity index (χ2n) is 3.93. The number of nitrogens with zero attached hydrogens (tertiary/aromatic N) is 1. The molecule has 1 rings (SSSR count). The molecule has 0 spiro atoms. The van der Waals surface area contributed by atoms with Crippen LogP contribution in [0.25, 0.3) is 0 Å². The lowest BCUT2D eigenvalue weighted by Gasteiger charge is -2.25. The second-order valence-corrected chi connectivity index (χ2v) is 5.79. The molecule has 0 aliphatic heterocycles. The van der Waals surface area contributed by atoms with Crippen LogP contribution in [0.2, 0.25) is 0 Å². The first-order valence-electron chi connectivity index (χ1n) is 5.37. The summed E-state index contributed by atoms with van der Waals surface area (Å²) >= 11 is 0. The third-order valence-electron chi connectivity index (χ3n) is 2.35. The van der Waals surface area contributed by atoms with Crippen molar-refractivity contribution >= 4 is 10.0 Å². The smallest absolute Gasteiger partial charge is 0.246 e. The Balaban J connectivity index is 3.22. The molecule has 4 nitrogen and oxygen atoms in total. The molecular formula is C11H17FN2O2S. The number of halogens is 1. The molecule has 0 atom stereocenters. The van der Waals surface area contributed by atoms with Crippen LogP contribution in [-0.2, 0) is 10.0 Å². The normalized spacial score (nSPS) is 12.4. The van der Waals surface area contributed by atoms with Crippen molar-refractivity contribution in [1.29, 1.82) is 0 Å². The Morgan fingerprint density at radius 1 is 1.35 bits per heavy atom. The zero-order chi connectivity index (χ0) is 13.1. The van der Waals surface area contributed by atoms with Crippen LogP contribution in [0.4, 0.5) is 4.39 Å². The third kappa shape index (κ3) is 3.02. The van der Waals surface area contributed by atoms with Gasteiger partial charge in [0.05, 0.1) is 0 Å². The fraction of sp³-hybridized carbons (Fsp3) is 0.455. The number of rotatable bonds is 5. The summed E-state index contributed by atoms with van der Waals surface area (Å²) in [6.07, 6.45) is 0. The molecule has 0 unspecified atom stereocenters. The van der Waals surface area contributed by atoms with Gasteiger partial charge >= 0.3 is 0 Å². The van der Waals surface area contributed by atoms with Crippen LogP contribution in [0, 0.1) is 5.82 Å². The van der Waals surface area contributed by atoms with Crippen molar-refractivity contribution in [3.05, 3.63) is 30.1 Å². The molecule has 0 saturated carbocycles. The summed E-state index contributed by atoms with van der Waals surface area (Å²) in [7, 11) is -3.81. The first kappa shape index (κ1) is 14.1. The Kier molecular flexibility index (Phi) is 4.62. The minimum atomic E-state index is -3.81. The first-order valence-corrected chi connectivity index (χ1v) is 6.81. The highest BCUT2D eigenvalue weighted by Crippen LogP contribution is 2.20. The van der Waals surface area contributed by atoms with Gasteiger partial charge in [0.1, 0.15) is 10.7 Å². The monoisotopic (exact) mass is 260 g/mol. The standard InChI is InChI=1S/C11H17FN2O2S/c1-9(2)14(8-7-13)17(15,16)11-6-4-3-5-10(11)12/h3-6,9H,7-8,13H2,1-2H3. The van der Waals surface area contributed by atoms with Gasteiger partial charge in [-0.3, -0.25) is 0 Å². The van der Waals surface area contributed by atoms with Gasteiger partial charge in [-0.2, -0.15) is 4.31 Å². The van der Waals surface area contributed by atoms with Gasteiger partial charge in [0.25, 0.3) is 0 Å². The van der Waals surface area contributed by atoms with Crippen molar-refractivity contribution in [1.82, 2.24) is 4.31 Å². The third-order valence-corrected chi connectivity index (χ3v) is 4.46. The summed E-state index contributed by atoms with van der Waals surface area (Å²) in [5, 5.41) is 0. The highest BCUT2D eigenvalue weighted by Gasteiger charge is 2.28. The molecule has 6 heteroatoms. The van der Waals surface area contributed by atoms with Crippen LogP contribution in [0.15, 0.2) is 29.2 Å². The van der Waals surface area contributed by atoms with E-state index in [-0.39, 0.29) is 24.0 Å². The van der Waals surface area contributed by atoms with Crippen LogP contribution in [0.1, 0.15) is 13.8 Å². The number of sulfonamides is 1. The summed E-state index contributed by atoms with van der Waals surface area (Å²) in [4.78, 5) is -0.304. The van der Waals surface area contributed by atoms with Gasteiger partial charge in [-0.25, -0.2) is 12.8 Å². The van der Waals surface area contributed by atoms with Crippen molar-refractivity contribution in [3.63, 3.8) is 0 Å². The maximum atomic E-state index is 13.5. The Bertz CT molecular complexity index is 474. The van der Waals surface area contributed by atoms with Crippen LogP contribution in [0.5, 0.6) is 0 Å². The molecule has 0 amide bonds. The van der Waals surface area contributed by atoms with E-state index < -0.39 is 15.8 Å². The molecule has 0 aliphatic rings. The maximum absolute atomic E-state index is 13.5. The highest BCUT2D eigenvalue weighted by atomic mass is 32.2. The van der Waals surface area contributed by atoms with E-state index in [9.17, 15) is 12.8 Å². The molecular weight excluding hydrogens is 243 g/mol. The molecule has 0 aliphatic carbocycles. The lowest BCUT2D eigenvalue weighted by molar-refractivity contribution is 0.359. The van der Waals surface area contributed by atoms with E-state index in [0.29, 0.717) is 0 Å². The second kappa shape index (κ2) is 5.57. The summed E-state index contributed by atoms with van der Waals surface area (Å²) in [6, 6.07) is 5.08. The average molecular weight is 260 g/mol. The molecule has 0 saturated heterocycles. The van der Waals surface area contributed by atoms with E-state index in [2.05, 4.69) is 0 Å². The van der Waals surface area contributed by atoms with Gasteiger partial charge in [0, 0.05) is 19.1 Å². The first-order chi connectivity index (χ1) is 7.91. The van der Waals surface area contributed by atoms with E-state index in [0.717, 1.165) is 6.07 Å². The minimum Gasteiger partial charge on any atom is -0.329 e. The van der Waals surface area contributed by atoms with Crippen molar-refractivity contribution in [2.45, 2.75) is 24.8 Å². The Morgan fingerprint density at radius 3 is 2.41 bits per heavy atom. The fourth-order valence-corrected chi connectivity index (χ4v) is 3.28. The summed E-state index contributed by atoms with van der Waals surface area (Å²) in [5.74, 6) is -0.741. The van der Waals surface area contributed by atoms with E-state index >= 15 is 0 Å². The fourth-order valence-electron chi connectivity index (χ4n) is 1.56. The number of benzene rings is 1. The predicted octanol–water partition coefficient (Wildman–Crippen LogP) is 1.18. The van der Waals surface area contributed by atoms with E-state index in [1.54, 1.807) is 13.8 Å². The summed E-state index contributed by atoms with van der Waals surface area (Å²) in [5.41, 5.74) is 5.38. The van der Waals surface area contributed by atoms with Crippen molar-refractivity contribution in [2.75, 3.05) is 13.1 Å². The van der Waals surface area contributed by atoms with Crippen LogP contribution >= 0.6 is 0 Å². The SMILES string of the molecule is CC(C)N(CCN)S(=O)(=O)c1ccccc1F. The van der Waals surface area contributed by atoms with Gasteiger partial charge in [0.15, 0.2) is 0 Å². The van der Waals surface area contributed by atoms with Crippen molar-refractivity contribution in [2.24, 2.45) is 5.73 Å². The Labute approximate surface area is 101 Å². The molecule has 17 heavy (non-hydrogen) atoms. The van der Waals surface area contributed by atoms with Gasteiger partial charge in [-0.15, -0.1) is 0 Å². The predicted molar refractivity (Wildman–Crippen MR) is 64.5 cm³/mol. The van der Waals surface area contributed by atoms with Crippen molar-refractivity contribution < 1.29 is 12.8 Å². The maximum Gasteiger partial charge on any atom is 0.246 e. The topological polar surface area (TPSA) is 63.4 Å². The van der Waals surface area contributed by atoms with Crippen molar-refractivity contribution in [3.8, 4) is 0 Å². The zero-order valence-corrected chi connectivity index (χ0v) is 10.7. The van der Waals surface area contributed by atoms with Gasteiger partial charge < -0.3 is 5.73 Å². The van der Waals surface area contributed by atoms with Crippen LogP contribution in [0.3, 0.4) is 0 Å². The molecule has 96 valence electrons. The molecule has 2 N–H and O–H groups in total. The quantitative estimate of drug-likeness (QED) is 0.864. The van der Waals surface area contributed by atoms with Gasteiger partial charge in [-0.05, 0) is 26.0 Å². The molecule has 0 bridgehead atoms. The summed E-state index contributed by atoms with van der Waals surface area (Å²) < 4.78 is 39.1. The van der Waals surface area contributed by atoms with Crippen LogP contribution in [-0.4, -0.2) is 31.9 Å². The molecule has 0 heterocycles. The Morgan fingerprint density at radius 2 is 1.94 bits per heavy atom. The van der Waals surface area contributed by atoms with E-state index in [1.165, 1.54) is 22.5 Å². The molecule has 1 aromatic carbocycles. The average Bonchev–Trinajstić information content (AvgIpc) is 2.25. The summed E-state index contributed by atoms with van der Waals surface area (Å²) in [6.45, 7) is 3.84. The molecule has 0 aromatic heterocycles. The number of hydrogen-bond donors (Lipinski definition) is 1. The highest BCUT2D eigenvalue weighted by molar-refractivity contribution is 7.89. The number of nitrogens with two attached hydrogens (primary N) is 1. The lowest BCUT2D eigenvalue weighted by atomic mass is 10.3. The lowest BCUT2D eigenvalue weighted by Crippen LogP contribution is -2.40. The largest absolute Gasteiger partial charge is 0.329 e. The van der Waals surface area contributed by atoms with E-state index in [1.807, 2.05) is 0 Å². The Hall–Kier alpha value is -0.980. The number of hydrogen-bond acceptors (Lipinski definition) is 3.